The molecular formula is C16H25NO. The van der Waals surface area contributed by atoms with E-state index in [1.165, 1.54) is 0 Å². The first-order valence-electron chi connectivity index (χ1n) is 6.72. The topological polar surface area (TPSA) is 32.3 Å². The highest BCUT2D eigenvalue weighted by Crippen LogP contribution is 2.19. The molecule has 18 heavy (non-hydrogen) atoms. The second-order valence-corrected chi connectivity index (χ2v) is 4.99. The van der Waals surface area contributed by atoms with Crippen LogP contribution in [-0.4, -0.2) is 17.7 Å². The Morgan fingerprint density at radius 1 is 1.39 bits per heavy atom. The predicted molar refractivity (Wildman–Crippen MR) is 77.5 cm³/mol. The van der Waals surface area contributed by atoms with Crippen LogP contribution >= 0.6 is 0 Å². The summed E-state index contributed by atoms with van der Waals surface area (Å²) in [4.78, 5) is 0. The molecule has 2 unspecified atom stereocenters. The molecule has 0 heterocycles. The van der Waals surface area contributed by atoms with Crippen molar-refractivity contribution in [1.29, 1.82) is 0 Å². The number of benzene rings is 1. The average molecular weight is 247 g/mol. The van der Waals surface area contributed by atoms with E-state index in [4.69, 9.17) is 0 Å². The molecule has 0 radical (unpaired) electrons. The minimum Gasteiger partial charge on any atom is -0.384 e. The predicted octanol–water partition coefficient (Wildman–Crippen LogP) is 3.23. The number of hydrogen-bond donors (Lipinski definition) is 2. The second-order valence-electron chi connectivity index (χ2n) is 4.99. The van der Waals surface area contributed by atoms with Gasteiger partial charge in [-0.1, -0.05) is 43.3 Å². The molecule has 0 aromatic heterocycles. The summed E-state index contributed by atoms with van der Waals surface area (Å²) >= 11 is 0. The molecule has 1 aromatic carbocycles. The molecule has 0 aliphatic heterocycles. The number of rotatable bonds is 8. The Balaban J connectivity index is 2.52. The van der Waals surface area contributed by atoms with Crippen LogP contribution in [0.3, 0.4) is 0 Å². The fraction of sp³-hybridized carbons (Fsp3) is 0.500. The number of allylic oxidation sites excluding steroid dienone is 1. The van der Waals surface area contributed by atoms with Crippen LogP contribution in [0.1, 0.15) is 38.7 Å². The maximum absolute atomic E-state index is 10.5. The summed E-state index contributed by atoms with van der Waals surface area (Å²) in [6, 6.07) is 10.3. The van der Waals surface area contributed by atoms with Gasteiger partial charge in [0.1, 0.15) is 0 Å². The summed E-state index contributed by atoms with van der Waals surface area (Å²) in [6.45, 7) is 8.34. The summed E-state index contributed by atoms with van der Waals surface area (Å²) in [6.07, 6.45) is 5.10. The number of hydrogen-bond acceptors (Lipinski definition) is 2. The lowest BCUT2D eigenvalue weighted by Crippen LogP contribution is -2.40. The van der Waals surface area contributed by atoms with Crippen molar-refractivity contribution < 1.29 is 5.11 Å². The van der Waals surface area contributed by atoms with E-state index in [0.29, 0.717) is 12.6 Å². The SMILES string of the molecule is C=CCCC(CC)NCC(C)(O)c1ccccc1. The van der Waals surface area contributed by atoms with Crippen LogP contribution in [0, 0.1) is 0 Å². The summed E-state index contributed by atoms with van der Waals surface area (Å²) < 4.78 is 0. The highest BCUT2D eigenvalue weighted by molar-refractivity contribution is 5.21. The first-order chi connectivity index (χ1) is 8.60. The summed E-state index contributed by atoms with van der Waals surface area (Å²) in [5.74, 6) is 0. The third kappa shape index (κ3) is 4.63. The van der Waals surface area contributed by atoms with Crippen molar-refractivity contribution >= 4 is 0 Å². The van der Waals surface area contributed by atoms with Gasteiger partial charge in [0.05, 0.1) is 5.60 Å². The Morgan fingerprint density at radius 2 is 2.06 bits per heavy atom. The molecular weight excluding hydrogens is 222 g/mol. The molecule has 2 N–H and O–H groups in total. The fourth-order valence-electron chi connectivity index (χ4n) is 2.01. The van der Waals surface area contributed by atoms with Gasteiger partial charge in [0, 0.05) is 12.6 Å². The Kier molecular flexibility index (Phi) is 6.10. The normalized spacial score (nSPS) is 15.9. The Morgan fingerprint density at radius 3 is 2.61 bits per heavy atom. The maximum Gasteiger partial charge on any atom is 0.0992 e. The van der Waals surface area contributed by atoms with Crippen LogP contribution in [0.4, 0.5) is 0 Å². The van der Waals surface area contributed by atoms with Gasteiger partial charge in [-0.15, -0.1) is 6.58 Å². The first kappa shape index (κ1) is 14.9. The zero-order valence-corrected chi connectivity index (χ0v) is 11.5. The van der Waals surface area contributed by atoms with E-state index in [1.807, 2.05) is 43.3 Å². The third-order valence-electron chi connectivity index (χ3n) is 3.34. The van der Waals surface area contributed by atoms with Crippen molar-refractivity contribution in [3.05, 3.63) is 48.6 Å². The van der Waals surface area contributed by atoms with Gasteiger partial charge in [0.15, 0.2) is 0 Å². The molecule has 2 heteroatoms. The van der Waals surface area contributed by atoms with Gasteiger partial charge in [0.25, 0.3) is 0 Å². The van der Waals surface area contributed by atoms with Crippen LogP contribution in [0.25, 0.3) is 0 Å². The minimum atomic E-state index is -0.817. The molecule has 0 saturated carbocycles. The van der Waals surface area contributed by atoms with Gasteiger partial charge in [-0.3, -0.25) is 0 Å². The standard InChI is InChI=1S/C16H25NO/c1-4-6-12-15(5-2)17-13-16(3,18)14-10-8-7-9-11-14/h4,7-11,15,17-18H,1,5-6,12-13H2,2-3H3. The van der Waals surface area contributed by atoms with Crippen LogP contribution in [0.5, 0.6) is 0 Å². The maximum atomic E-state index is 10.5. The van der Waals surface area contributed by atoms with Crippen LogP contribution < -0.4 is 5.32 Å². The van der Waals surface area contributed by atoms with Crippen molar-refractivity contribution in [1.82, 2.24) is 5.32 Å². The quantitative estimate of drug-likeness (QED) is 0.691. The molecule has 0 saturated heterocycles. The second kappa shape index (κ2) is 7.34. The summed E-state index contributed by atoms with van der Waals surface area (Å²) in [7, 11) is 0. The highest BCUT2D eigenvalue weighted by Gasteiger charge is 2.23. The van der Waals surface area contributed by atoms with E-state index < -0.39 is 5.60 Å². The lowest BCUT2D eigenvalue weighted by molar-refractivity contribution is 0.0533. The average Bonchev–Trinajstić information content (AvgIpc) is 2.40. The summed E-state index contributed by atoms with van der Waals surface area (Å²) in [5, 5.41) is 13.9. The van der Waals surface area contributed by atoms with Crippen molar-refractivity contribution in [3.8, 4) is 0 Å². The molecule has 2 atom stereocenters. The zero-order chi connectivity index (χ0) is 13.4. The van der Waals surface area contributed by atoms with Crippen LogP contribution in [0.15, 0.2) is 43.0 Å². The molecule has 1 rings (SSSR count). The fourth-order valence-corrected chi connectivity index (χ4v) is 2.01. The van der Waals surface area contributed by atoms with E-state index in [0.717, 1.165) is 24.8 Å². The number of nitrogens with one attached hydrogen (secondary N) is 1. The molecule has 1 aromatic rings. The van der Waals surface area contributed by atoms with Crippen molar-refractivity contribution in [2.45, 2.75) is 44.8 Å². The molecule has 2 nitrogen and oxygen atoms in total. The molecule has 0 spiro atoms. The largest absolute Gasteiger partial charge is 0.384 e. The van der Waals surface area contributed by atoms with Gasteiger partial charge < -0.3 is 10.4 Å². The smallest absolute Gasteiger partial charge is 0.0992 e. The Bertz CT molecular complexity index is 345. The minimum absolute atomic E-state index is 0.443. The van der Waals surface area contributed by atoms with Gasteiger partial charge in [-0.2, -0.15) is 0 Å². The van der Waals surface area contributed by atoms with Crippen LogP contribution in [0.2, 0.25) is 0 Å². The van der Waals surface area contributed by atoms with Crippen molar-refractivity contribution in [3.63, 3.8) is 0 Å². The number of aliphatic hydroxyl groups is 1. The van der Waals surface area contributed by atoms with E-state index in [2.05, 4.69) is 18.8 Å². The van der Waals surface area contributed by atoms with E-state index in [1.54, 1.807) is 0 Å². The summed E-state index contributed by atoms with van der Waals surface area (Å²) in [5.41, 5.74) is 0.138. The van der Waals surface area contributed by atoms with Crippen molar-refractivity contribution in [2.75, 3.05) is 6.54 Å². The molecule has 100 valence electrons. The molecule has 0 amide bonds. The van der Waals surface area contributed by atoms with Gasteiger partial charge in [-0.25, -0.2) is 0 Å². The molecule has 0 bridgehead atoms. The third-order valence-corrected chi connectivity index (χ3v) is 3.34. The Labute approximate surface area is 111 Å². The van der Waals surface area contributed by atoms with E-state index in [-0.39, 0.29) is 0 Å². The van der Waals surface area contributed by atoms with Gasteiger partial charge >= 0.3 is 0 Å². The van der Waals surface area contributed by atoms with E-state index in [9.17, 15) is 5.11 Å². The lowest BCUT2D eigenvalue weighted by Gasteiger charge is -2.27. The first-order valence-corrected chi connectivity index (χ1v) is 6.72. The van der Waals surface area contributed by atoms with E-state index >= 15 is 0 Å². The molecule has 0 aliphatic carbocycles. The Hall–Kier alpha value is -1.12. The zero-order valence-electron chi connectivity index (χ0n) is 11.5. The van der Waals surface area contributed by atoms with Gasteiger partial charge in [0.2, 0.25) is 0 Å². The lowest BCUT2D eigenvalue weighted by atomic mass is 9.95. The molecule has 0 aliphatic rings. The van der Waals surface area contributed by atoms with Crippen molar-refractivity contribution in [2.24, 2.45) is 0 Å². The van der Waals surface area contributed by atoms with Crippen LogP contribution in [-0.2, 0) is 5.60 Å². The van der Waals surface area contributed by atoms with Gasteiger partial charge in [-0.05, 0) is 31.7 Å². The highest BCUT2D eigenvalue weighted by atomic mass is 16.3. The molecule has 0 fully saturated rings. The monoisotopic (exact) mass is 247 g/mol.